The smallest absolute Gasteiger partial charge is 0.326 e. The lowest BCUT2D eigenvalue weighted by Gasteiger charge is -2.16. The van der Waals surface area contributed by atoms with Gasteiger partial charge in [0.15, 0.2) is 5.76 Å². The molecule has 0 unspecified atom stereocenters. The van der Waals surface area contributed by atoms with E-state index in [2.05, 4.69) is 15.6 Å². The van der Waals surface area contributed by atoms with E-state index in [0.29, 0.717) is 23.6 Å². The number of carbonyl (C=O) groups is 3. The zero-order chi connectivity index (χ0) is 20.0. The molecular weight excluding hydrogens is 354 g/mol. The highest BCUT2D eigenvalue weighted by Crippen LogP contribution is 2.22. The summed E-state index contributed by atoms with van der Waals surface area (Å²) in [5, 5.41) is 14.0. The van der Waals surface area contributed by atoms with Crippen LogP contribution in [-0.2, 0) is 20.8 Å². The van der Waals surface area contributed by atoms with Gasteiger partial charge in [-0.05, 0) is 31.4 Å². The number of carboxylic acid groups (broad SMARTS) is 1. The quantitative estimate of drug-likeness (QED) is 0.603. The third-order valence-electron chi connectivity index (χ3n) is 3.74. The molecule has 2 aromatic rings. The lowest BCUT2D eigenvalue weighted by atomic mass is 10.0. The van der Waals surface area contributed by atoms with E-state index in [1.807, 2.05) is 13.8 Å². The Bertz CT molecular complexity index is 794. The third kappa shape index (κ3) is 5.98. The van der Waals surface area contributed by atoms with Gasteiger partial charge in [-0.25, -0.2) is 9.78 Å². The minimum Gasteiger partial charge on any atom is -0.480 e. The van der Waals surface area contributed by atoms with Crippen LogP contribution >= 0.6 is 0 Å². The number of aliphatic carboxylic acids is 1. The maximum atomic E-state index is 12.0. The Hall–Kier alpha value is -3.10. The molecule has 0 fully saturated rings. The van der Waals surface area contributed by atoms with Crippen molar-refractivity contribution in [1.29, 1.82) is 0 Å². The van der Waals surface area contributed by atoms with Crippen LogP contribution in [0.1, 0.15) is 31.7 Å². The normalized spacial score (nSPS) is 12.0. The van der Waals surface area contributed by atoms with Gasteiger partial charge in [0.05, 0.1) is 24.9 Å². The standard InChI is InChI=1S/C18H23N3O6/c1-10(2)7-13(18(24)25)20-16(23)9-19-15(22)8-12-11(3)27-17(21-12)14-5-4-6-26-14/h4-6,10,13H,7-9H2,1-3H3,(H,19,22)(H,20,23)(H,24,25)/t13-/m0/s1. The molecule has 27 heavy (non-hydrogen) atoms. The number of amides is 2. The predicted octanol–water partition coefficient (Wildman–Crippen LogP) is 1.52. The molecule has 0 aliphatic rings. The molecule has 0 bridgehead atoms. The topological polar surface area (TPSA) is 135 Å². The Morgan fingerprint density at radius 2 is 2.00 bits per heavy atom. The molecular formula is C18H23N3O6. The predicted molar refractivity (Wildman–Crippen MR) is 94.7 cm³/mol. The molecule has 0 aliphatic heterocycles. The average Bonchev–Trinajstić information content (AvgIpc) is 3.22. The number of aromatic nitrogens is 1. The maximum Gasteiger partial charge on any atom is 0.326 e. The molecule has 0 spiro atoms. The number of hydrogen-bond acceptors (Lipinski definition) is 6. The molecule has 2 amide bonds. The fourth-order valence-corrected chi connectivity index (χ4v) is 2.43. The molecule has 1 atom stereocenters. The van der Waals surface area contributed by atoms with E-state index in [4.69, 9.17) is 13.9 Å². The molecule has 0 aromatic carbocycles. The first-order chi connectivity index (χ1) is 12.8. The van der Waals surface area contributed by atoms with Gasteiger partial charge in [0.25, 0.3) is 5.89 Å². The number of hydrogen-bond donors (Lipinski definition) is 3. The lowest BCUT2D eigenvalue weighted by Crippen LogP contribution is -2.46. The Labute approximate surface area is 156 Å². The number of aryl methyl sites for hydroxylation is 1. The number of furan rings is 1. The molecule has 2 rings (SSSR count). The summed E-state index contributed by atoms with van der Waals surface area (Å²) in [6.45, 7) is 5.09. The summed E-state index contributed by atoms with van der Waals surface area (Å²) in [4.78, 5) is 39.3. The van der Waals surface area contributed by atoms with Crippen LogP contribution in [0.4, 0.5) is 0 Å². The van der Waals surface area contributed by atoms with Crippen LogP contribution in [-0.4, -0.2) is 40.5 Å². The Balaban J connectivity index is 1.85. The first-order valence-electron chi connectivity index (χ1n) is 8.55. The number of rotatable bonds is 9. The van der Waals surface area contributed by atoms with Crippen molar-refractivity contribution in [2.24, 2.45) is 5.92 Å². The zero-order valence-electron chi connectivity index (χ0n) is 15.4. The van der Waals surface area contributed by atoms with Gasteiger partial charge < -0.3 is 24.6 Å². The second-order valence-electron chi connectivity index (χ2n) is 6.54. The number of nitrogens with one attached hydrogen (secondary N) is 2. The maximum absolute atomic E-state index is 12.0. The van der Waals surface area contributed by atoms with Crippen molar-refractivity contribution in [3.8, 4) is 11.7 Å². The van der Waals surface area contributed by atoms with Crippen LogP contribution in [0.25, 0.3) is 11.7 Å². The summed E-state index contributed by atoms with van der Waals surface area (Å²) in [6, 6.07) is 2.40. The minimum absolute atomic E-state index is 0.0718. The largest absolute Gasteiger partial charge is 0.480 e. The highest BCUT2D eigenvalue weighted by atomic mass is 16.4. The van der Waals surface area contributed by atoms with Crippen LogP contribution in [0.15, 0.2) is 27.2 Å². The van der Waals surface area contributed by atoms with Gasteiger partial charge in [0.1, 0.15) is 11.8 Å². The lowest BCUT2D eigenvalue weighted by molar-refractivity contribution is -0.142. The second kappa shape index (κ2) is 9.02. The van der Waals surface area contributed by atoms with E-state index >= 15 is 0 Å². The summed E-state index contributed by atoms with van der Waals surface area (Å²) < 4.78 is 10.7. The fraction of sp³-hybridized carbons (Fsp3) is 0.444. The highest BCUT2D eigenvalue weighted by Gasteiger charge is 2.21. The van der Waals surface area contributed by atoms with Gasteiger partial charge in [0.2, 0.25) is 11.8 Å². The van der Waals surface area contributed by atoms with Crippen LogP contribution in [0.5, 0.6) is 0 Å². The molecule has 0 saturated carbocycles. The van der Waals surface area contributed by atoms with Crippen molar-refractivity contribution < 1.29 is 28.3 Å². The number of nitrogens with zero attached hydrogens (tertiary/aromatic N) is 1. The molecule has 2 aromatic heterocycles. The van der Waals surface area contributed by atoms with Crippen molar-refractivity contribution in [1.82, 2.24) is 15.6 Å². The van der Waals surface area contributed by atoms with E-state index in [1.165, 1.54) is 6.26 Å². The summed E-state index contributed by atoms with van der Waals surface area (Å²) in [6.07, 6.45) is 1.73. The fourth-order valence-electron chi connectivity index (χ4n) is 2.43. The van der Waals surface area contributed by atoms with Gasteiger partial charge in [-0.15, -0.1) is 0 Å². The molecule has 3 N–H and O–H groups in total. The number of oxazole rings is 1. The van der Waals surface area contributed by atoms with Gasteiger partial charge in [-0.3, -0.25) is 9.59 Å². The minimum atomic E-state index is -1.10. The Morgan fingerprint density at radius 1 is 1.26 bits per heavy atom. The van der Waals surface area contributed by atoms with Crippen molar-refractivity contribution in [3.63, 3.8) is 0 Å². The SMILES string of the molecule is Cc1oc(-c2ccco2)nc1CC(=O)NCC(=O)N[C@@H](CC(C)C)C(=O)O. The van der Waals surface area contributed by atoms with Gasteiger partial charge in [0, 0.05) is 0 Å². The van der Waals surface area contributed by atoms with Crippen LogP contribution in [0, 0.1) is 12.8 Å². The summed E-state index contributed by atoms with van der Waals surface area (Å²) in [7, 11) is 0. The van der Waals surface area contributed by atoms with Crippen LogP contribution in [0.3, 0.4) is 0 Å². The van der Waals surface area contributed by atoms with E-state index in [9.17, 15) is 14.4 Å². The van der Waals surface area contributed by atoms with Gasteiger partial charge in [-0.2, -0.15) is 0 Å². The van der Waals surface area contributed by atoms with Crippen LogP contribution < -0.4 is 10.6 Å². The van der Waals surface area contributed by atoms with Crippen molar-refractivity contribution in [2.75, 3.05) is 6.54 Å². The molecule has 9 heteroatoms. The first kappa shape index (κ1) is 20.2. The molecule has 0 aliphatic carbocycles. The molecule has 0 saturated heterocycles. The monoisotopic (exact) mass is 377 g/mol. The van der Waals surface area contributed by atoms with E-state index < -0.39 is 23.8 Å². The zero-order valence-corrected chi connectivity index (χ0v) is 15.4. The summed E-state index contributed by atoms with van der Waals surface area (Å²) in [5.74, 6) is -0.784. The summed E-state index contributed by atoms with van der Waals surface area (Å²) in [5.41, 5.74) is 0.433. The van der Waals surface area contributed by atoms with Crippen molar-refractivity contribution in [3.05, 3.63) is 29.9 Å². The van der Waals surface area contributed by atoms with E-state index in [0.717, 1.165) is 0 Å². The second-order valence-corrected chi connectivity index (χ2v) is 6.54. The van der Waals surface area contributed by atoms with E-state index in [1.54, 1.807) is 19.1 Å². The van der Waals surface area contributed by atoms with E-state index in [-0.39, 0.29) is 24.8 Å². The Kier molecular flexibility index (Phi) is 6.75. The molecule has 9 nitrogen and oxygen atoms in total. The number of carboxylic acids is 1. The van der Waals surface area contributed by atoms with Crippen LogP contribution in [0.2, 0.25) is 0 Å². The van der Waals surface area contributed by atoms with Crippen molar-refractivity contribution >= 4 is 17.8 Å². The summed E-state index contributed by atoms with van der Waals surface area (Å²) >= 11 is 0. The van der Waals surface area contributed by atoms with Gasteiger partial charge >= 0.3 is 5.97 Å². The number of carbonyl (C=O) groups excluding carboxylic acids is 2. The van der Waals surface area contributed by atoms with Gasteiger partial charge in [-0.1, -0.05) is 13.8 Å². The highest BCUT2D eigenvalue weighted by molar-refractivity contribution is 5.88. The first-order valence-corrected chi connectivity index (χ1v) is 8.55. The molecule has 0 radical (unpaired) electrons. The third-order valence-corrected chi connectivity index (χ3v) is 3.74. The molecule has 2 heterocycles. The van der Waals surface area contributed by atoms with Crippen molar-refractivity contribution in [2.45, 2.75) is 39.7 Å². The Morgan fingerprint density at radius 3 is 2.59 bits per heavy atom. The molecule has 146 valence electrons. The average molecular weight is 377 g/mol.